The van der Waals surface area contributed by atoms with Crippen molar-refractivity contribution in [3.05, 3.63) is 52.8 Å². The molecule has 0 saturated heterocycles. The van der Waals surface area contributed by atoms with E-state index >= 15 is 0 Å². The highest BCUT2D eigenvalue weighted by atomic mass is 19.1. The van der Waals surface area contributed by atoms with Gasteiger partial charge in [0.05, 0.1) is 20.1 Å². The number of carboxylic acids is 1. The lowest BCUT2D eigenvalue weighted by Crippen LogP contribution is -2.07. The fraction of sp³-hybridized carbons (Fsp3) is 0.350. The summed E-state index contributed by atoms with van der Waals surface area (Å²) in [6.45, 7) is 0.350. The molecule has 2 aliphatic rings. The Hall–Kier alpha value is -2.76. The highest BCUT2D eigenvalue weighted by molar-refractivity contribution is 5.68. The largest absolute Gasteiger partial charge is 0.496 e. The number of benzene rings is 2. The van der Waals surface area contributed by atoms with Crippen LogP contribution in [0, 0.1) is 5.82 Å². The van der Waals surface area contributed by atoms with E-state index in [4.69, 9.17) is 19.3 Å². The van der Waals surface area contributed by atoms with E-state index in [0.717, 1.165) is 11.1 Å². The molecule has 26 heavy (non-hydrogen) atoms. The molecule has 1 N–H and O–H groups in total. The fourth-order valence-corrected chi connectivity index (χ4v) is 3.83. The van der Waals surface area contributed by atoms with Crippen LogP contribution in [0.4, 0.5) is 4.39 Å². The van der Waals surface area contributed by atoms with Crippen molar-refractivity contribution < 1.29 is 28.5 Å². The molecule has 2 atom stereocenters. The van der Waals surface area contributed by atoms with E-state index in [1.54, 1.807) is 25.3 Å². The third-order valence-electron chi connectivity index (χ3n) is 5.02. The van der Waals surface area contributed by atoms with E-state index in [-0.39, 0.29) is 24.3 Å². The molecular weight excluding hydrogens is 339 g/mol. The van der Waals surface area contributed by atoms with Gasteiger partial charge < -0.3 is 19.3 Å². The minimum Gasteiger partial charge on any atom is -0.496 e. The molecule has 0 spiro atoms. The lowest BCUT2D eigenvalue weighted by molar-refractivity contribution is -0.137. The Labute approximate surface area is 150 Å². The smallest absolute Gasteiger partial charge is 0.304 e. The Morgan fingerprint density at radius 3 is 2.96 bits per heavy atom. The van der Waals surface area contributed by atoms with Crippen molar-refractivity contribution in [2.24, 2.45) is 0 Å². The van der Waals surface area contributed by atoms with Gasteiger partial charge in [0.15, 0.2) is 0 Å². The van der Waals surface area contributed by atoms with Crippen LogP contribution in [-0.2, 0) is 11.2 Å². The van der Waals surface area contributed by atoms with E-state index in [0.29, 0.717) is 42.3 Å². The van der Waals surface area contributed by atoms with E-state index in [1.807, 2.05) is 6.07 Å². The van der Waals surface area contributed by atoms with Crippen molar-refractivity contribution in [2.75, 3.05) is 13.7 Å². The molecule has 2 aromatic rings. The van der Waals surface area contributed by atoms with Crippen LogP contribution in [-0.4, -0.2) is 24.8 Å². The maximum Gasteiger partial charge on any atom is 0.304 e. The molecule has 0 aromatic heterocycles. The Morgan fingerprint density at radius 1 is 1.35 bits per heavy atom. The van der Waals surface area contributed by atoms with Crippen LogP contribution in [0.1, 0.15) is 41.6 Å². The Morgan fingerprint density at radius 2 is 2.19 bits per heavy atom. The maximum absolute atomic E-state index is 14.3. The van der Waals surface area contributed by atoms with Gasteiger partial charge in [0.25, 0.3) is 0 Å². The van der Waals surface area contributed by atoms with Gasteiger partial charge in [-0.1, -0.05) is 6.07 Å². The van der Waals surface area contributed by atoms with Gasteiger partial charge in [0, 0.05) is 28.7 Å². The molecule has 6 heteroatoms. The van der Waals surface area contributed by atoms with Gasteiger partial charge in [0.1, 0.15) is 29.2 Å². The summed E-state index contributed by atoms with van der Waals surface area (Å²) in [6, 6.07) is 8.43. The summed E-state index contributed by atoms with van der Waals surface area (Å²) >= 11 is 0. The summed E-state index contributed by atoms with van der Waals surface area (Å²) < 4.78 is 31.3. The van der Waals surface area contributed by atoms with E-state index in [9.17, 15) is 9.18 Å². The minimum atomic E-state index is -0.848. The zero-order chi connectivity index (χ0) is 18.3. The number of hydrogen-bond donors (Lipinski definition) is 1. The van der Waals surface area contributed by atoms with Gasteiger partial charge in [-0.3, -0.25) is 4.79 Å². The topological polar surface area (TPSA) is 65.0 Å². The number of carboxylic acid groups (broad SMARTS) is 1. The van der Waals surface area contributed by atoms with Crippen molar-refractivity contribution in [3.63, 3.8) is 0 Å². The van der Waals surface area contributed by atoms with E-state index in [1.165, 1.54) is 6.07 Å². The van der Waals surface area contributed by atoms with Crippen molar-refractivity contribution in [1.29, 1.82) is 0 Å². The van der Waals surface area contributed by atoms with E-state index < -0.39 is 5.97 Å². The standard InChI is InChI=1S/C20H19FO5/c1-24-16-7-5-15(21)20-14(16)4-6-17(20)26-12-2-3-13-11(8-19(22)23)10-25-18(13)9-12/h2-3,5,7,9,11,17H,4,6,8,10H2,1H3,(H,22,23)/t11-,17-/m1/s1. The molecule has 1 aliphatic carbocycles. The van der Waals surface area contributed by atoms with Gasteiger partial charge in [0.2, 0.25) is 0 Å². The predicted octanol–water partition coefficient (Wildman–Crippen LogP) is 3.85. The molecule has 0 radical (unpaired) electrons. The SMILES string of the molecule is COc1ccc(F)c2c1CC[C@H]2Oc1ccc2c(c1)OC[C@H]2CC(=O)O. The van der Waals surface area contributed by atoms with Crippen LogP contribution in [0.15, 0.2) is 30.3 Å². The fourth-order valence-electron chi connectivity index (χ4n) is 3.83. The zero-order valence-electron chi connectivity index (χ0n) is 14.3. The Kier molecular flexibility index (Phi) is 4.18. The number of hydrogen-bond acceptors (Lipinski definition) is 4. The predicted molar refractivity (Wildman–Crippen MR) is 91.6 cm³/mol. The molecule has 1 aliphatic heterocycles. The first-order chi connectivity index (χ1) is 12.6. The molecule has 0 bridgehead atoms. The number of ether oxygens (including phenoxy) is 3. The molecule has 1 heterocycles. The molecule has 5 nitrogen and oxygen atoms in total. The van der Waals surface area contributed by atoms with Crippen LogP contribution in [0.5, 0.6) is 17.2 Å². The van der Waals surface area contributed by atoms with Gasteiger partial charge >= 0.3 is 5.97 Å². The van der Waals surface area contributed by atoms with Crippen molar-refractivity contribution in [3.8, 4) is 17.2 Å². The summed E-state index contributed by atoms with van der Waals surface area (Å²) in [4.78, 5) is 10.9. The molecule has 4 rings (SSSR count). The lowest BCUT2D eigenvalue weighted by atomic mass is 9.98. The number of fused-ring (bicyclic) bond motifs is 2. The Balaban J connectivity index is 1.57. The Bertz CT molecular complexity index is 864. The zero-order valence-corrected chi connectivity index (χ0v) is 14.3. The number of rotatable bonds is 5. The van der Waals surface area contributed by atoms with Crippen molar-refractivity contribution in [1.82, 2.24) is 0 Å². The second-order valence-electron chi connectivity index (χ2n) is 6.59. The van der Waals surface area contributed by atoms with Gasteiger partial charge in [-0.25, -0.2) is 4.39 Å². The second kappa shape index (κ2) is 6.52. The summed E-state index contributed by atoms with van der Waals surface area (Å²) in [5, 5.41) is 8.98. The molecular formula is C20H19FO5. The molecule has 0 amide bonds. The van der Waals surface area contributed by atoms with Crippen molar-refractivity contribution >= 4 is 5.97 Å². The van der Waals surface area contributed by atoms with Gasteiger partial charge in [-0.05, 0) is 31.0 Å². The summed E-state index contributed by atoms with van der Waals surface area (Å²) in [5.74, 6) is 0.616. The van der Waals surface area contributed by atoms with Gasteiger partial charge in [-0.15, -0.1) is 0 Å². The van der Waals surface area contributed by atoms with Gasteiger partial charge in [-0.2, -0.15) is 0 Å². The first-order valence-corrected chi connectivity index (χ1v) is 8.57. The maximum atomic E-state index is 14.3. The molecule has 2 aromatic carbocycles. The first kappa shape index (κ1) is 16.7. The van der Waals surface area contributed by atoms with Crippen LogP contribution in [0.25, 0.3) is 0 Å². The monoisotopic (exact) mass is 358 g/mol. The van der Waals surface area contributed by atoms with Crippen LogP contribution in [0.3, 0.4) is 0 Å². The summed E-state index contributed by atoms with van der Waals surface area (Å²) in [5.41, 5.74) is 2.28. The number of aliphatic carboxylic acids is 1. The quantitative estimate of drug-likeness (QED) is 0.879. The van der Waals surface area contributed by atoms with Crippen LogP contribution >= 0.6 is 0 Å². The second-order valence-corrected chi connectivity index (χ2v) is 6.59. The van der Waals surface area contributed by atoms with Crippen LogP contribution in [0.2, 0.25) is 0 Å². The molecule has 0 saturated carbocycles. The van der Waals surface area contributed by atoms with Crippen molar-refractivity contribution in [2.45, 2.75) is 31.3 Å². The summed E-state index contributed by atoms with van der Waals surface area (Å²) in [6.07, 6.45) is 1.03. The van der Waals surface area contributed by atoms with E-state index in [2.05, 4.69) is 0 Å². The average Bonchev–Trinajstić information content (AvgIpc) is 3.20. The normalized spacial score (nSPS) is 20.2. The third kappa shape index (κ3) is 2.85. The van der Waals surface area contributed by atoms with Crippen LogP contribution < -0.4 is 14.2 Å². The highest BCUT2D eigenvalue weighted by Gasteiger charge is 2.31. The molecule has 0 fully saturated rings. The average molecular weight is 358 g/mol. The highest BCUT2D eigenvalue weighted by Crippen LogP contribution is 2.43. The number of methoxy groups -OCH3 is 1. The molecule has 0 unspecified atom stereocenters. The first-order valence-electron chi connectivity index (χ1n) is 8.57. The number of halogens is 1. The number of carbonyl (C=O) groups is 1. The third-order valence-corrected chi connectivity index (χ3v) is 5.02. The molecule has 136 valence electrons. The summed E-state index contributed by atoms with van der Waals surface area (Å²) in [7, 11) is 1.58. The lowest BCUT2D eigenvalue weighted by Gasteiger charge is -2.17. The minimum absolute atomic E-state index is 0.0359.